The van der Waals surface area contributed by atoms with Gasteiger partial charge in [-0.2, -0.15) is 17.7 Å². The van der Waals surface area contributed by atoms with Crippen LogP contribution in [0.4, 0.5) is 0 Å². The Morgan fingerprint density at radius 2 is 2.30 bits per heavy atom. The average molecular weight is 212 g/mol. The number of hydrogen-bond acceptors (Lipinski definition) is 0. The van der Waals surface area contributed by atoms with E-state index in [-0.39, 0.29) is 26.2 Å². The van der Waals surface area contributed by atoms with E-state index in [1.807, 2.05) is 0 Å². The molecule has 0 radical (unpaired) electrons. The maximum absolute atomic E-state index is 2.23. The van der Waals surface area contributed by atoms with Crippen LogP contribution in [0.2, 0.25) is 0 Å². The molecule has 1 aromatic carbocycles. The molecule has 0 amide bonds. The summed E-state index contributed by atoms with van der Waals surface area (Å²) >= 11 is 0. The van der Waals surface area contributed by atoms with Crippen molar-refractivity contribution in [2.75, 3.05) is 0 Å². The summed E-state index contributed by atoms with van der Waals surface area (Å²) in [5.41, 5.74) is 1.48. The molecule has 0 saturated heterocycles. The molecule has 1 rings (SSSR count). The topological polar surface area (TPSA) is 0 Å². The first-order valence-corrected chi connectivity index (χ1v) is 3.64. The van der Waals surface area contributed by atoms with Crippen LogP contribution in [0.15, 0.2) is 24.3 Å². The zero-order chi connectivity index (χ0) is 6.53. The zero-order valence-corrected chi connectivity index (χ0v) is 8.89. The Bertz CT molecular complexity index is 142. The third kappa shape index (κ3) is 3.41. The van der Waals surface area contributed by atoms with Gasteiger partial charge in [0.2, 0.25) is 0 Å². The summed E-state index contributed by atoms with van der Waals surface area (Å²) < 4.78 is 0. The molecule has 0 fully saturated rings. The first kappa shape index (κ1) is 10.2. The normalized spacial score (nSPS) is 8.90. The Labute approximate surface area is 82.1 Å². The molecule has 10 heavy (non-hydrogen) atoms. The molecule has 0 nitrogen and oxygen atoms in total. The van der Waals surface area contributed by atoms with Crippen molar-refractivity contribution in [1.29, 1.82) is 0 Å². The van der Waals surface area contributed by atoms with Crippen LogP contribution in [0, 0.1) is 0 Å². The number of hydrogen-bond donors (Lipinski definition) is 0. The van der Waals surface area contributed by atoms with Crippen molar-refractivity contribution in [1.82, 2.24) is 0 Å². The fraction of sp³-hybridized carbons (Fsp3) is 0.444. The Balaban J connectivity index is 0.000000810. The minimum atomic E-state index is 0. The van der Waals surface area contributed by atoms with Crippen LogP contribution in [0.1, 0.15) is 25.3 Å². The van der Waals surface area contributed by atoms with E-state index in [0.29, 0.717) is 0 Å². The Kier molecular flexibility index (Phi) is 6.12. The predicted molar refractivity (Wildman–Crippen MR) is 40.6 cm³/mol. The molecule has 1 heteroatoms. The van der Waals surface area contributed by atoms with E-state index < -0.39 is 0 Å². The van der Waals surface area contributed by atoms with E-state index in [9.17, 15) is 0 Å². The largest absolute Gasteiger partial charge is 0.213 e. The van der Waals surface area contributed by atoms with E-state index in [4.69, 9.17) is 0 Å². The fourth-order valence-electron chi connectivity index (χ4n) is 0.961. The van der Waals surface area contributed by atoms with Gasteiger partial charge in [0, 0.05) is 26.2 Å². The van der Waals surface area contributed by atoms with E-state index >= 15 is 0 Å². The fourth-order valence-corrected chi connectivity index (χ4v) is 0.961. The van der Waals surface area contributed by atoms with Gasteiger partial charge in [-0.25, -0.2) is 12.1 Å². The Hall–Kier alpha value is 0.233. The SMILES string of the molecule is CCCCc1ccc[cH-]1.[Zr]. The van der Waals surface area contributed by atoms with Gasteiger partial charge in [0.25, 0.3) is 0 Å². The number of unbranched alkanes of at least 4 members (excludes halogenated alkanes) is 1. The second-order valence-electron chi connectivity index (χ2n) is 2.40. The molecule has 0 N–H and O–H groups in total. The van der Waals surface area contributed by atoms with Crippen LogP contribution in [0.25, 0.3) is 0 Å². The van der Waals surface area contributed by atoms with Crippen molar-refractivity contribution in [3.05, 3.63) is 29.8 Å². The van der Waals surface area contributed by atoms with Crippen LogP contribution < -0.4 is 0 Å². The molecule has 1 aromatic rings. The standard InChI is InChI=1S/C9H13.Zr/c1-2-3-6-9-7-4-5-8-9;/h4-5,7-8H,2-3,6H2,1H3;/q-1;. The summed E-state index contributed by atoms with van der Waals surface area (Å²) in [6, 6.07) is 8.58. The van der Waals surface area contributed by atoms with E-state index in [2.05, 4.69) is 31.2 Å². The van der Waals surface area contributed by atoms with Gasteiger partial charge in [-0.15, -0.1) is 0 Å². The Morgan fingerprint density at radius 3 is 2.80 bits per heavy atom. The van der Waals surface area contributed by atoms with Crippen LogP contribution in [-0.2, 0) is 32.6 Å². The third-order valence-corrected chi connectivity index (χ3v) is 1.55. The summed E-state index contributed by atoms with van der Waals surface area (Å²) in [6.07, 6.45) is 3.87. The molecular weight excluding hydrogens is 199 g/mol. The quantitative estimate of drug-likeness (QED) is 0.676. The molecule has 0 saturated carbocycles. The van der Waals surface area contributed by atoms with Gasteiger partial charge in [0.15, 0.2) is 0 Å². The van der Waals surface area contributed by atoms with Gasteiger partial charge in [0.1, 0.15) is 0 Å². The van der Waals surface area contributed by atoms with E-state index in [0.717, 1.165) is 0 Å². The average Bonchev–Trinajstić information content (AvgIpc) is 2.34. The van der Waals surface area contributed by atoms with Crippen LogP contribution in [-0.4, -0.2) is 0 Å². The second kappa shape index (κ2) is 5.98. The van der Waals surface area contributed by atoms with Crippen molar-refractivity contribution in [3.63, 3.8) is 0 Å². The van der Waals surface area contributed by atoms with Crippen molar-refractivity contribution in [2.45, 2.75) is 26.2 Å². The summed E-state index contributed by atoms with van der Waals surface area (Å²) in [6.45, 7) is 2.23. The number of aryl methyl sites for hydroxylation is 1. The molecule has 0 bridgehead atoms. The second-order valence-corrected chi connectivity index (χ2v) is 2.40. The van der Waals surface area contributed by atoms with E-state index in [1.165, 1.54) is 24.8 Å². The van der Waals surface area contributed by atoms with Crippen molar-refractivity contribution >= 4 is 0 Å². The molecule has 0 heterocycles. The zero-order valence-electron chi connectivity index (χ0n) is 6.43. The number of rotatable bonds is 3. The van der Waals surface area contributed by atoms with Gasteiger partial charge in [-0.05, 0) is 0 Å². The smallest absolute Gasteiger partial charge is 0 e. The molecule has 0 unspecified atom stereocenters. The predicted octanol–water partition coefficient (Wildman–Crippen LogP) is 2.75. The van der Waals surface area contributed by atoms with Crippen LogP contribution in [0.5, 0.6) is 0 Å². The first-order chi connectivity index (χ1) is 4.43. The molecule has 0 aliphatic carbocycles. The molecule has 0 aromatic heterocycles. The minimum Gasteiger partial charge on any atom is -0.213 e. The minimum absolute atomic E-state index is 0. The van der Waals surface area contributed by atoms with Crippen molar-refractivity contribution in [3.8, 4) is 0 Å². The van der Waals surface area contributed by atoms with Gasteiger partial charge < -0.3 is 0 Å². The monoisotopic (exact) mass is 211 g/mol. The summed E-state index contributed by atoms with van der Waals surface area (Å²) in [4.78, 5) is 0. The molecule has 0 spiro atoms. The van der Waals surface area contributed by atoms with Gasteiger partial charge in [-0.1, -0.05) is 26.2 Å². The molecule has 0 aliphatic rings. The summed E-state index contributed by atoms with van der Waals surface area (Å²) in [7, 11) is 0. The van der Waals surface area contributed by atoms with Gasteiger partial charge in [0.05, 0.1) is 0 Å². The summed E-state index contributed by atoms with van der Waals surface area (Å²) in [5.74, 6) is 0. The first-order valence-electron chi connectivity index (χ1n) is 3.64. The molecule has 0 aliphatic heterocycles. The third-order valence-electron chi connectivity index (χ3n) is 1.55. The summed E-state index contributed by atoms with van der Waals surface area (Å²) in [5, 5.41) is 0. The molecule has 0 atom stereocenters. The van der Waals surface area contributed by atoms with E-state index in [1.54, 1.807) is 0 Å². The van der Waals surface area contributed by atoms with Crippen molar-refractivity contribution < 1.29 is 26.2 Å². The maximum atomic E-state index is 2.23. The van der Waals surface area contributed by atoms with Gasteiger partial charge in [-0.3, -0.25) is 0 Å². The Morgan fingerprint density at radius 1 is 1.50 bits per heavy atom. The van der Waals surface area contributed by atoms with Crippen molar-refractivity contribution in [2.24, 2.45) is 0 Å². The maximum Gasteiger partial charge on any atom is 0 e. The molecule has 54 valence electrons. The van der Waals surface area contributed by atoms with Crippen LogP contribution in [0.3, 0.4) is 0 Å². The van der Waals surface area contributed by atoms with Gasteiger partial charge >= 0.3 is 0 Å². The van der Waals surface area contributed by atoms with Crippen LogP contribution >= 0.6 is 0 Å². The molecular formula is C9H13Zr-.